The van der Waals surface area contributed by atoms with Gasteiger partial charge < -0.3 is 0 Å². The molecule has 1 aromatic heterocycles. The topological polar surface area (TPSA) is 0 Å². The Morgan fingerprint density at radius 3 is 2.56 bits per heavy atom. The summed E-state index contributed by atoms with van der Waals surface area (Å²) in [5, 5.41) is 0.220. The van der Waals surface area contributed by atoms with E-state index in [0.717, 1.165) is 6.42 Å². The van der Waals surface area contributed by atoms with E-state index in [1.54, 1.807) is 0 Å². The van der Waals surface area contributed by atoms with E-state index >= 15 is 0 Å². The molecule has 1 unspecified atom stereocenters. The first-order chi connectivity index (χ1) is 7.65. The maximum atomic E-state index is 6.71. The average Bonchev–Trinajstić information content (AvgIpc) is 2.77. The minimum atomic E-state index is 0.220. The maximum absolute atomic E-state index is 6.71. The fourth-order valence-electron chi connectivity index (χ4n) is 2.68. The van der Waals surface area contributed by atoms with Crippen molar-refractivity contribution >= 4 is 22.9 Å². The van der Waals surface area contributed by atoms with Gasteiger partial charge in [-0.25, -0.2) is 0 Å². The Labute approximate surface area is 108 Å². The molecule has 0 saturated heterocycles. The Bertz CT molecular complexity index is 336. The first kappa shape index (κ1) is 12.4. The summed E-state index contributed by atoms with van der Waals surface area (Å²) in [5.41, 5.74) is 0.329. The number of halogens is 1. The van der Waals surface area contributed by atoms with Gasteiger partial charge in [-0.1, -0.05) is 33.1 Å². The molecule has 16 heavy (non-hydrogen) atoms. The number of thiophene rings is 1. The van der Waals surface area contributed by atoms with Crippen molar-refractivity contribution in [2.24, 2.45) is 5.41 Å². The summed E-state index contributed by atoms with van der Waals surface area (Å²) in [7, 11) is 0. The molecule has 1 aliphatic rings. The van der Waals surface area contributed by atoms with Gasteiger partial charge in [0.25, 0.3) is 0 Å². The fourth-order valence-corrected chi connectivity index (χ4v) is 4.21. The molecule has 2 rings (SSSR count). The number of hydrogen-bond acceptors (Lipinski definition) is 1. The summed E-state index contributed by atoms with van der Waals surface area (Å²) in [5.74, 6) is 0. The molecular formula is C14H21ClS. The van der Waals surface area contributed by atoms with Crippen molar-refractivity contribution in [3.8, 4) is 0 Å². The third-order valence-corrected chi connectivity index (χ3v) is 6.07. The Hall–Kier alpha value is -0.0100. The first-order valence-corrected chi connectivity index (χ1v) is 7.64. The lowest BCUT2D eigenvalue weighted by molar-refractivity contribution is 0.208. The average molecular weight is 257 g/mol. The summed E-state index contributed by atoms with van der Waals surface area (Å²) in [6.07, 6.45) is 7.81. The molecule has 90 valence electrons. The summed E-state index contributed by atoms with van der Waals surface area (Å²) in [6.45, 7) is 4.58. The number of rotatable bonds is 3. The van der Waals surface area contributed by atoms with Crippen LogP contribution in [0.3, 0.4) is 0 Å². The van der Waals surface area contributed by atoms with E-state index in [2.05, 4.69) is 26.0 Å². The smallest absolute Gasteiger partial charge is 0.0732 e. The molecule has 1 fully saturated rings. The number of aryl methyl sites for hydroxylation is 1. The molecular weight excluding hydrogens is 236 g/mol. The molecule has 1 aliphatic carbocycles. The van der Waals surface area contributed by atoms with Crippen LogP contribution in [0, 0.1) is 5.41 Å². The SMILES string of the molecule is CCc1ccc(C(Cl)C2(C)CCCCC2)s1. The second-order valence-corrected chi connectivity index (χ2v) is 6.87. The molecule has 0 aromatic carbocycles. The molecule has 1 saturated carbocycles. The van der Waals surface area contributed by atoms with Crippen LogP contribution in [0.5, 0.6) is 0 Å². The summed E-state index contributed by atoms with van der Waals surface area (Å²) in [4.78, 5) is 2.84. The lowest BCUT2D eigenvalue weighted by Crippen LogP contribution is -2.24. The third kappa shape index (κ3) is 2.46. The van der Waals surface area contributed by atoms with Crippen molar-refractivity contribution in [2.45, 2.75) is 57.7 Å². The van der Waals surface area contributed by atoms with E-state index < -0.39 is 0 Å². The van der Waals surface area contributed by atoms with Crippen LogP contribution in [-0.4, -0.2) is 0 Å². The van der Waals surface area contributed by atoms with Gasteiger partial charge >= 0.3 is 0 Å². The van der Waals surface area contributed by atoms with Crippen LogP contribution in [-0.2, 0) is 6.42 Å². The fraction of sp³-hybridized carbons (Fsp3) is 0.714. The highest BCUT2D eigenvalue weighted by molar-refractivity contribution is 7.12. The maximum Gasteiger partial charge on any atom is 0.0732 e. The van der Waals surface area contributed by atoms with Crippen LogP contribution < -0.4 is 0 Å². The van der Waals surface area contributed by atoms with E-state index in [1.165, 1.54) is 41.9 Å². The quantitative estimate of drug-likeness (QED) is 0.621. The van der Waals surface area contributed by atoms with E-state index in [1.807, 2.05) is 11.3 Å². The first-order valence-electron chi connectivity index (χ1n) is 6.38. The lowest BCUT2D eigenvalue weighted by atomic mass is 9.73. The number of hydrogen-bond donors (Lipinski definition) is 0. The van der Waals surface area contributed by atoms with E-state index in [0.29, 0.717) is 5.41 Å². The molecule has 1 heterocycles. The molecule has 0 bridgehead atoms. The normalized spacial score (nSPS) is 21.9. The van der Waals surface area contributed by atoms with Crippen LogP contribution in [0.2, 0.25) is 0 Å². The van der Waals surface area contributed by atoms with Crippen LogP contribution in [0.1, 0.15) is 61.1 Å². The van der Waals surface area contributed by atoms with Gasteiger partial charge in [0, 0.05) is 9.75 Å². The Morgan fingerprint density at radius 2 is 2.00 bits per heavy atom. The van der Waals surface area contributed by atoms with Crippen molar-refractivity contribution in [2.75, 3.05) is 0 Å². The van der Waals surface area contributed by atoms with Crippen molar-refractivity contribution in [3.63, 3.8) is 0 Å². The largest absolute Gasteiger partial charge is 0.144 e. The zero-order valence-corrected chi connectivity index (χ0v) is 11.8. The lowest BCUT2D eigenvalue weighted by Gasteiger charge is -2.37. The van der Waals surface area contributed by atoms with Gasteiger partial charge in [-0.05, 0) is 36.8 Å². The summed E-state index contributed by atoms with van der Waals surface area (Å²) >= 11 is 8.61. The minimum absolute atomic E-state index is 0.220. The second-order valence-electron chi connectivity index (χ2n) is 5.23. The Morgan fingerprint density at radius 1 is 1.31 bits per heavy atom. The Kier molecular flexibility index (Phi) is 3.97. The summed E-state index contributed by atoms with van der Waals surface area (Å²) in [6, 6.07) is 4.47. The number of alkyl halides is 1. The van der Waals surface area contributed by atoms with E-state index in [-0.39, 0.29) is 5.38 Å². The zero-order valence-electron chi connectivity index (χ0n) is 10.3. The molecule has 2 heteroatoms. The highest BCUT2D eigenvalue weighted by Crippen LogP contribution is 2.50. The summed E-state index contributed by atoms with van der Waals surface area (Å²) < 4.78 is 0. The van der Waals surface area contributed by atoms with Crippen molar-refractivity contribution in [3.05, 3.63) is 21.9 Å². The highest BCUT2D eigenvalue weighted by atomic mass is 35.5. The van der Waals surface area contributed by atoms with Crippen molar-refractivity contribution < 1.29 is 0 Å². The zero-order chi connectivity index (χ0) is 11.6. The Balaban J connectivity index is 2.13. The molecule has 0 spiro atoms. The van der Waals surface area contributed by atoms with Crippen LogP contribution in [0.4, 0.5) is 0 Å². The van der Waals surface area contributed by atoms with Crippen LogP contribution in [0.15, 0.2) is 12.1 Å². The van der Waals surface area contributed by atoms with E-state index in [4.69, 9.17) is 11.6 Å². The predicted molar refractivity (Wildman–Crippen MR) is 73.5 cm³/mol. The van der Waals surface area contributed by atoms with Gasteiger partial charge in [-0.2, -0.15) is 0 Å². The molecule has 0 amide bonds. The molecule has 0 aliphatic heterocycles. The minimum Gasteiger partial charge on any atom is -0.144 e. The standard InChI is InChI=1S/C14H21ClS/c1-3-11-7-8-12(16-11)13(15)14(2)9-5-4-6-10-14/h7-8,13H,3-6,9-10H2,1-2H3. The van der Waals surface area contributed by atoms with Gasteiger partial charge in [-0.15, -0.1) is 22.9 Å². The van der Waals surface area contributed by atoms with Gasteiger partial charge in [-0.3, -0.25) is 0 Å². The predicted octanol–water partition coefficient (Wildman–Crippen LogP) is 5.56. The molecule has 1 aromatic rings. The van der Waals surface area contributed by atoms with Crippen LogP contribution >= 0.6 is 22.9 Å². The molecule has 0 N–H and O–H groups in total. The second kappa shape index (κ2) is 5.10. The monoisotopic (exact) mass is 256 g/mol. The van der Waals surface area contributed by atoms with Gasteiger partial charge in [0.15, 0.2) is 0 Å². The molecule has 1 atom stereocenters. The highest BCUT2D eigenvalue weighted by Gasteiger charge is 2.35. The van der Waals surface area contributed by atoms with E-state index in [9.17, 15) is 0 Å². The molecule has 0 nitrogen and oxygen atoms in total. The third-order valence-electron chi connectivity index (χ3n) is 3.89. The van der Waals surface area contributed by atoms with Gasteiger partial charge in [0.05, 0.1) is 5.38 Å². The van der Waals surface area contributed by atoms with Crippen LogP contribution in [0.25, 0.3) is 0 Å². The van der Waals surface area contributed by atoms with Crippen molar-refractivity contribution in [1.29, 1.82) is 0 Å². The van der Waals surface area contributed by atoms with Gasteiger partial charge in [0.2, 0.25) is 0 Å². The van der Waals surface area contributed by atoms with Crippen molar-refractivity contribution in [1.82, 2.24) is 0 Å². The van der Waals surface area contributed by atoms with Gasteiger partial charge in [0.1, 0.15) is 0 Å². The molecule has 0 radical (unpaired) electrons.